The van der Waals surface area contributed by atoms with Crippen LogP contribution in [0.25, 0.3) is 0 Å². The van der Waals surface area contributed by atoms with Crippen LogP contribution in [0.15, 0.2) is 29.6 Å². The highest BCUT2D eigenvalue weighted by Gasteiger charge is 2.64. The molecule has 0 saturated carbocycles. The van der Waals surface area contributed by atoms with Crippen molar-refractivity contribution in [3.05, 3.63) is 40.3 Å². The Bertz CT molecular complexity index is 734. The number of methoxy groups -OCH3 is 1. The SMILES string of the molecule is COc1ccc2c3c1O[C@@H]1[C@@H](O)C=C[C@H]4[C@H](C2)N(N=O)CC[C@@]314. The Balaban J connectivity index is 1.80. The molecule has 2 aliphatic heterocycles. The van der Waals surface area contributed by atoms with Gasteiger partial charge in [0.1, 0.15) is 12.2 Å². The molecule has 0 aromatic heterocycles. The quantitative estimate of drug-likeness (QED) is 0.662. The first kappa shape index (κ1) is 13.4. The Morgan fingerprint density at radius 3 is 3.09 bits per heavy atom. The molecule has 2 heterocycles. The third-order valence-corrected chi connectivity index (χ3v) is 6.15. The number of ether oxygens (including phenoxy) is 2. The van der Waals surface area contributed by atoms with Gasteiger partial charge in [0.05, 0.1) is 18.4 Å². The number of piperidine rings is 1. The van der Waals surface area contributed by atoms with Crippen molar-refractivity contribution >= 4 is 0 Å². The molecule has 23 heavy (non-hydrogen) atoms. The number of nitrogens with zero attached hydrogens (tertiary/aromatic N) is 2. The third kappa shape index (κ3) is 1.39. The van der Waals surface area contributed by atoms with Gasteiger partial charge in [-0.15, -0.1) is 4.91 Å². The van der Waals surface area contributed by atoms with Crippen LogP contribution >= 0.6 is 0 Å². The van der Waals surface area contributed by atoms with Crippen LogP contribution < -0.4 is 9.47 Å². The number of hydrogen-bond donors (Lipinski definition) is 1. The van der Waals surface area contributed by atoms with E-state index in [-0.39, 0.29) is 23.5 Å². The van der Waals surface area contributed by atoms with Gasteiger partial charge in [0.25, 0.3) is 0 Å². The minimum absolute atomic E-state index is 0.0305. The van der Waals surface area contributed by atoms with E-state index in [1.807, 2.05) is 6.07 Å². The molecule has 120 valence electrons. The van der Waals surface area contributed by atoms with Gasteiger partial charge in [-0.1, -0.05) is 18.2 Å². The van der Waals surface area contributed by atoms with Crippen molar-refractivity contribution in [3.63, 3.8) is 0 Å². The molecule has 5 atom stereocenters. The van der Waals surface area contributed by atoms with Crippen molar-refractivity contribution in [2.75, 3.05) is 13.7 Å². The molecular formula is C17H18N2O4. The Kier molecular flexibility index (Phi) is 2.48. The topological polar surface area (TPSA) is 71.4 Å². The first-order valence-corrected chi connectivity index (χ1v) is 8.04. The second-order valence-electron chi connectivity index (χ2n) is 6.88. The lowest BCUT2D eigenvalue weighted by atomic mass is 9.53. The Morgan fingerprint density at radius 1 is 1.43 bits per heavy atom. The average molecular weight is 314 g/mol. The van der Waals surface area contributed by atoms with Crippen LogP contribution in [0.1, 0.15) is 17.5 Å². The Hall–Kier alpha value is -2.08. The van der Waals surface area contributed by atoms with Gasteiger partial charge in [0.15, 0.2) is 11.5 Å². The van der Waals surface area contributed by atoms with Crippen LogP contribution in [0, 0.1) is 10.8 Å². The molecule has 0 radical (unpaired) electrons. The highest BCUT2D eigenvalue weighted by atomic mass is 16.5. The molecule has 1 spiro atoms. The molecule has 1 fully saturated rings. The zero-order valence-corrected chi connectivity index (χ0v) is 12.8. The van der Waals surface area contributed by atoms with Gasteiger partial charge in [0.2, 0.25) is 0 Å². The molecule has 6 nitrogen and oxygen atoms in total. The van der Waals surface area contributed by atoms with E-state index >= 15 is 0 Å². The number of nitroso groups, excluding NO2 is 1. The molecule has 1 saturated heterocycles. The fraction of sp³-hybridized carbons (Fsp3) is 0.529. The fourth-order valence-corrected chi connectivity index (χ4v) is 5.29. The molecule has 2 bridgehead atoms. The molecule has 1 N–H and O–H groups in total. The van der Waals surface area contributed by atoms with Crippen molar-refractivity contribution < 1.29 is 14.6 Å². The van der Waals surface area contributed by atoms with Crippen LogP contribution in [0.5, 0.6) is 11.5 Å². The maximum atomic E-state index is 11.3. The highest BCUT2D eigenvalue weighted by Crippen LogP contribution is 2.62. The molecule has 4 aliphatic rings. The first-order valence-electron chi connectivity index (χ1n) is 8.04. The van der Waals surface area contributed by atoms with Gasteiger partial charge in [-0.2, -0.15) is 0 Å². The molecule has 5 rings (SSSR count). The summed E-state index contributed by atoms with van der Waals surface area (Å²) in [5, 5.41) is 15.4. The zero-order chi connectivity index (χ0) is 15.8. The van der Waals surface area contributed by atoms with E-state index < -0.39 is 6.10 Å². The number of benzene rings is 1. The Labute approximate surface area is 133 Å². The normalized spacial score (nSPS) is 38.8. The van der Waals surface area contributed by atoms with Gasteiger partial charge in [-0.05, 0) is 24.5 Å². The van der Waals surface area contributed by atoms with E-state index in [9.17, 15) is 10.0 Å². The molecule has 0 unspecified atom stereocenters. The van der Waals surface area contributed by atoms with Crippen LogP contribution in [-0.4, -0.2) is 42.0 Å². The van der Waals surface area contributed by atoms with Gasteiger partial charge < -0.3 is 14.6 Å². The lowest BCUT2D eigenvalue weighted by Crippen LogP contribution is -2.64. The van der Waals surface area contributed by atoms with Crippen molar-refractivity contribution in [3.8, 4) is 11.5 Å². The zero-order valence-electron chi connectivity index (χ0n) is 12.8. The maximum Gasteiger partial charge on any atom is 0.165 e. The summed E-state index contributed by atoms with van der Waals surface area (Å²) in [6.07, 6.45) is 4.41. The summed E-state index contributed by atoms with van der Waals surface area (Å²) in [5.41, 5.74) is 2.08. The van der Waals surface area contributed by atoms with E-state index in [0.717, 1.165) is 18.6 Å². The number of hydrogen-bond acceptors (Lipinski definition) is 5. The monoisotopic (exact) mass is 314 g/mol. The summed E-state index contributed by atoms with van der Waals surface area (Å²) in [7, 11) is 1.64. The van der Waals surface area contributed by atoms with E-state index in [1.54, 1.807) is 18.2 Å². The summed E-state index contributed by atoms with van der Waals surface area (Å²) >= 11 is 0. The van der Waals surface area contributed by atoms with E-state index in [2.05, 4.69) is 17.4 Å². The van der Waals surface area contributed by atoms with Crippen molar-refractivity contribution in [2.45, 2.75) is 36.5 Å². The second-order valence-corrected chi connectivity index (χ2v) is 6.88. The molecule has 2 aliphatic carbocycles. The van der Waals surface area contributed by atoms with Crippen LogP contribution in [0.3, 0.4) is 0 Å². The fourth-order valence-electron chi connectivity index (χ4n) is 5.29. The second kappa shape index (κ2) is 4.26. The van der Waals surface area contributed by atoms with E-state index in [0.29, 0.717) is 12.3 Å². The van der Waals surface area contributed by atoms with Gasteiger partial charge in [0, 0.05) is 23.4 Å². The standard InChI is InChI=1S/C17H18N2O4/c1-22-13-5-2-9-8-11-10-3-4-12(20)16-17(10,6-7-19(11)18-21)14(9)15(13)23-16/h2-5,10-12,16,20H,6-8H2,1H3/t10-,11-,12-,16+,17+/m0/s1. The molecule has 1 aromatic rings. The van der Waals surface area contributed by atoms with Crippen molar-refractivity contribution in [1.29, 1.82) is 0 Å². The first-order chi connectivity index (χ1) is 11.2. The number of rotatable bonds is 2. The molecular weight excluding hydrogens is 296 g/mol. The predicted octanol–water partition coefficient (Wildman–Crippen LogP) is 1.55. The summed E-state index contributed by atoms with van der Waals surface area (Å²) in [6.45, 7) is 0.598. The van der Waals surface area contributed by atoms with Crippen molar-refractivity contribution in [2.24, 2.45) is 11.2 Å². The molecule has 1 aromatic carbocycles. The van der Waals surface area contributed by atoms with E-state index in [1.165, 1.54) is 11.1 Å². The van der Waals surface area contributed by atoms with Gasteiger partial charge >= 0.3 is 0 Å². The lowest BCUT2D eigenvalue weighted by molar-refractivity contribution is -0.0517. The van der Waals surface area contributed by atoms with Crippen LogP contribution in [-0.2, 0) is 11.8 Å². The highest BCUT2D eigenvalue weighted by molar-refractivity contribution is 5.62. The summed E-state index contributed by atoms with van der Waals surface area (Å²) in [6, 6.07) is 4.01. The molecule has 6 heteroatoms. The Morgan fingerprint density at radius 2 is 2.30 bits per heavy atom. The van der Waals surface area contributed by atoms with Crippen LogP contribution in [0.2, 0.25) is 0 Å². The molecule has 0 amide bonds. The summed E-state index contributed by atoms with van der Waals surface area (Å²) in [4.78, 5) is 11.3. The minimum Gasteiger partial charge on any atom is -0.493 e. The largest absolute Gasteiger partial charge is 0.493 e. The maximum absolute atomic E-state index is 11.3. The van der Waals surface area contributed by atoms with Crippen LogP contribution in [0.4, 0.5) is 0 Å². The minimum atomic E-state index is -0.648. The predicted molar refractivity (Wildman–Crippen MR) is 82.3 cm³/mol. The van der Waals surface area contributed by atoms with Gasteiger partial charge in [-0.3, -0.25) is 5.01 Å². The number of aliphatic hydroxyl groups excluding tert-OH is 1. The summed E-state index contributed by atoms with van der Waals surface area (Å²) < 4.78 is 11.7. The van der Waals surface area contributed by atoms with E-state index in [4.69, 9.17) is 9.47 Å². The summed E-state index contributed by atoms with van der Waals surface area (Å²) in [5.74, 6) is 1.62. The third-order valence-electron chi connectivity index (χ3n) is 6.15. The average Bonchev–Trinajstić information content (AvgIpc) is 2.91. The smallest absolute Gasteiger partial charge is 0.165 e. The number of aliphatic hydroxyl groups is 1. The lowest BCUT2D eigenvalue weighted by Gasteiger charge is -2.55. The van der Waals surface area contributed by atoms with Gasteiger partial charge in [-0.25, -0.2) is 0 Å². The van der Waals surface area contributed by atoms with Crippen molar-refractivity contribution in [1.82, 2.24) is 5.01 Å².